The van der Waals surface area contributed by atoms with E-state index in [2.05, 4.69) is 10.5 Å². The molecule has 9 heteroatoms. The number of ether oxygens (including phenoxy) is 1. The van der Waals surface area contributed by atoms with Crippen molar-refractivity contribution in [2.45, 2.75) is 53.6 Å². The molecule has 1 aromatic carbocycles. The van der Waals surface area contributed by atoms with E-state index in [9.17, 15) is 14.7 Å². The number of pyridine rings is 1. The van der Waals surface area contributed by atoms with Gasteiger partial charge in [-0.1, -0.05) is 42.0 Å². The molecule has 3 rings (SSSR count). The lowest BCUT2D eigenvalue weighted by Crippen LogP contribution is -2.50. The number of aromatic nitrogens is 1. The Morgan fingerprint density at radius 3 is 2.57 bits per heavy atom. The van der Waals surface area contributed by atoms with E-state index in [1.165, 1.54) is 5.56 Å². The second-order valence-corrected chi connectivity index (χ2v) is 8.84. The average molecular weight is 497 g/mol. The van der Waals surface area contributed by atoms with Gasteiger partial charge < -0.3 is 19.3 Å². The molecule has 0 fully saturated rings. The zero-order valence-corrected chi connectivity index (χ0v) is 21.6. The quantitative estimate of drug-likeness (QED) is 0.251. The first-order valence-corrected chi connectivity index (χ1v) is 12.1. The predicted octanol–water partition coefficient (Wildman–Crippen LogP) is 3.53. The summed E-state index contributed by atoms with van der Waals surface area (Å²) in [4.78, 5) is 28.3. The Labute approximate surface area is 210 Å². The molecule has 1 aromatic heterocycles. The fraction of sp³-hybridized carbons (Fsp3) is 0.385. The number of hydrazone groups is 1. The zero-order chi connectivity index (χ0) is 25.7. The van der Waals surface area contributed by atoms with Crippen LogP contribution in [0, 0.1) is 6.92 Å². The highest BCUT2D eigenvalue weighted by atomic mass is 32.1. The van der Waals surface area contributed by atoms with Crippen molar-refractivity contribution in [2.24, 2.45) is 5.10 Å². The summed E-state index contributed by atoms with van der Waals surface area (Å²) in [6.07, 6.45) is 3.91. The van der Waals surface area contributed by atoms with E-state index in [1.54, 1.807) is 22.6 Å². The number of carbonyl (C=O) groups is 1. The van der Waals surface area contributed by atoms with E-state index in [-0.39, 0.29) is 17.3 Å². The highest BCUT2D eigenvalue weighted by molar-refractivity contribution is 7.80. The minimum atomic E-state index is -0.650. The van der Waals surface area contributed by atoms with Gasteiger partial charge in [0.2, 0.25) is 5.43 Å². The molecule has 2 heterocycles. The van der Waals surface area contributed by atoms with Gasteiger partial charge in [-0.05, 0) is 46.3 Å². The maximum absolute atomic E-state index is 13.2. The molecule has 0 aliphatic carbocycles. The number of hydrogen-bond acceptors (Lipinski definition) is 6. The lowest BCUT2D eigenvalue weighted by atomic mass is 10.0. The van der Waals surface area contributed by atoms with Gasteiger partial charge in [0.15, 0.2) is 11.4 Å². The number of amides is 1. The summed E-state index contributed by atoms with van der Waals surface area (Å²) in [6, 6.07) is 7.69. The van der Waals surface area contributed by atoms with Gasteiger partial charge in [-0.3, -0.25) is 15.0 Å². The number of hydrogen-bond donors (Lipinski definition) is 2. The number of thiocarbonyl (C=S) groups is 1. The highest BCUT2D eigenvalue weighted by Crippen LogP contribution is 2.27. The molecule has 0 unspecified atom stereocenters. The molecule has 1 amide bonds. The van der Waals surface area contributed by atoms with Gasteiger partial charge in [0.1, 0.15) is 16.8 Å². The van der Waals surface area contributed by atoms with Crippen LogP contribution in [0.15, 0.2) is 52.2 Å². The Balaban J connectivity index is 1.90. The van der Waals surface area contributed by atoms with E-state index in [0.717, 1.165) is 5.56 Å². The number of likely N-dealkylation sites (N-methyl/N-ethyl adjacent to an activating group) is 1. The van der Waals surface area contributed by atoms with Crippen LogP contribution in [-0.4, -0.2) is 50.4 Å². The van der Waals surface area contributed by atoms with Gasteiger partial charge in [0.25, 0.3) is 5.91 Å². The van der Waals surface area contributed by atoms with E-state index in [1.807, 2.05) is 58.0 Å². The summed E-state index contributed by atoms with van der Waals surface area (Å²) in [6.45, 7) is 10.5. The van der Waals surface area contributed by atoms with Gasteiger partial charge in [-0.2, -0.15) is 5.10 Å². The molecule has 1 atom stereocenters. The Kier molecular flexibility index (Phi) is 8.45. The molecule has 186 valence electrons. The van der Waals surface area contributed by atoms with E-state index in [0.29, 0.717) is 42.6 Å². The fourth-order valence-electron chi connectivity index (χ4n) is 4.12. The molecule has 1 aliphatic heterocycles. The Bertz CT molecular complexity index is 1230. The summed E-state index contributed by atoms with van der Waals surface area (Å²) in [5.74, 6) is -0.336. The zero-order valence-electron chi connectivity index (χ0n) is 20.8. The molecule has 0 radical (unpaired) electrons. The van der Waals surface area contributed by atoms with Gasteiger partial charge in [-0.15, -0.1) is 0 Å². The van der Waals surface area contributed by atoms with Crippen LogP contribution in [0.5, 0.6) is 5.75 Å². The van der Waals surface area contributed by atoms with Gasteiger partial charge >= 0.3 is 0 Å². The van der Waals surface area contributed by atoms with Crippen LogP contribution < -0.4 is 10.9 Å². The van der Waals surface area contributed by atoms with Crippen LogP contribution in [0.25, 0.3) is 0 Å². The van der Waals surface area contributed by atoms with Crippen molar-refractivity contribution < 1.29 is 14.6 Å². The smallest absolute Gasteiger partial charge is 0.275 e. The van der Waals surface area contributed by atoms with E-state index < -0.39 is 17.1 Å². The first-order chi connectivity index (χ1) is 16.7. The van der Waals surface area contributed by atoms with Crippen LogP contribution >= 0.6 is 12.2 Å². The summed E-state index contributed by atoms with van der Waals surface area (Å²) in [5, 5.41) is 15.0. The third kappa shape index (κ3) is 5.62. The maximum Gasteiger partial charge on any atom is 0.275 e. The van der Waals surface area contributed by atoms with Gasteiger partial charge in [0, 0.05) is 19.2 Å². The molecule has 35 heavy (non-hydrogen) atoms. The van der Waals surface area contributed by atoms with Crippen molar-refractivity contribution >= 4 is 28.8 Å². The molecular formula is C26H32N4O4S. The van der Waals surface area contributed by atoms with Crippen molar-refractivity contribution in [1.29, 1.82) is 0 Å². The Hall–Kier alpha value is -3.46. The molecule has 2 N–H and O–H groups in total. The molecule has 0 saturated heterocycles. The third-order valence-electron chi connectivity index (χ3n) is 5.95. The summed E-state index contributed by atoms with van der Waals surface area (Å²) in [7, 11) is 0. The van der Waals surface area contributed by atoms with Crippen LogP contribution in [0.3, 0.4) is 0 Å². The van der Waals surface area contributed by atoms with Crippen LogP contribution in [0.2, 0.25) is 0 Å². The number of allylic oxidation sites excluding steroid dienone is 1. The lowest BCUT2D eigenvalue weighted by Gasteiger charge is -2.38. The summed E-state index contributed by atoms with van der Waals surface area (Å²) in [5.41, 5.74) is 4.91. The number of aromatic hydroxyl groups is 1. The fourth-order valence-corrected chi connectivity index (χ4v) is 4.33. The molecule has 2 aromatic rings. The van der Waals surface area contributed by atoms with Crippen molar-refractivity contribution in [3.05, 3.63) is 74.9 Å². The van der Waals surface area contributed by atoms with Crippen molar-refractivity contribution in [3.63, 3.8) is 0 Å². The summed E-state index contributed by atoms with van der Waals surface area (Å²) >= 11 is 5.40. The number of nitrogens with one attached hydrogen (secondary N) is 1. The Morgan fingerprint density at radius 1 is 1.29 bits per heavy atom. The second kappa shape index (κ2) is 11.3. The highest BCUT2D eigenvalue weighted by Gasteiger charge is 2.37. The molecule has 1 aliphatic rings. The number of carbonyl (C=O) groups excluding carboxylic acids is 1. The lowest BCUT2D eigenvalue weighted by molar-refractivity contribution is 0.0539. The molecule has 0 spiro atoms. The summed E-state index contributed by atoms with van der Waals surface area (Å²) < 4.78 is 7.37. The monoisotopic (exact) mass is 496 g/mol. The van der Waals surface area contributed by atoms with Crippen LogP contribution in [0.1, 0.15) is 54.9 Å². The number of benzene rings is 1. The van der Waals surface area contributed by atoms with Gasteiger partial charge in [0.05, 0.1) is 24.4 Å². The standard InChI is InChI=1S/C26H32N4O4S/c1-6-21(34-8-3)20-15-29-14-19(24(31)25(32)23(29)26(33)30(20)7-2)17(5)27-28-22(35)13-18-11-9-16(4)10-12-18/h6,9-12,14,20,32H,7-8,13,15H2,1-5H3,(H,28,35)/b21-6-,27-17+/t20-/m0/s1. The number of rotatable bonds is 8. The van der Waals surface area contributed by atoms with Crippen LogP contribution in [0.4, 0.5) is 0 Å². The minimum absolute atomic E-state index is 0.0283. The number of fused-ring (bicyclic) bond motifs is 1. The second-order valence-electron chi connectivity index (χ2n) is 8.35. The van der Waals surface area contributed by atoms with Crippen molar-refractivity contribution in [3.8, 4) is 5.75 Å². The predicted molar refractivity (Wildman–Crippen MR) is 141 cm³/mol. The normalized spacial score (nSPS) is 16.2. The minimum Gasteiger partial charge on any atom is -0.503 e. The SMILES string of the molecule is C/C=C(\OCC)[C@@H]1Cn2cc(/C(C)=N/NC(=S)Cc3ccc(C)cc3)c(=O)c(O)c2C(=O)N1CC. The van der Waals surface area contributed by atoms with Gasteiger partial charge in [-0.25, -0.2) is 0 Å². The van der Waals surface area contributed by atoms with E-state index >= 15 is 0 Å². The van der Waals surface area contributed by atoms with Crippen molar-refractivity contribution in [1.82, 2.24) is 14.9 Å². The van der Waals surface area contributed by atoms with Crippen LogP contribution in [-0.2, 0) is 17.7 Å². The molecule has 0 saturated carbocycles. The maximum atomic E-state index is 13.2. The largest absolute Gasteiger partial charge is 0.503 e. The Morgan fingerprint density at radius 2 is 1.97 bits per heavy atom. The molecule has 0 bridgehead atoms. The topological polar surface area (TPSA) is 96.2 Å². The molecule has 8 nitrogen and oxygen atoms in total. The molecular weight excluding hydrogens is 464 g/mol. The number of nitrogens with zero attached hydrogens (tertiary/aromatic N) is 3. The van der Waals surface area contributed by atoms with E-state index in [4.69, 9.17) is 17.0 Å². The van der Waals surface area contributed by atoms with Crippen molar-refractivity contribution in [2.75, 3.05) is 13.2 Å². The third-order valence-corrected chi connectivity index (χ3v) is 6.19. The first kappa shape index (κ1) is 26.2. The number of aryl methyl sites for hydroxylation is 1. The average Bonchev–Trinajstić information content (AvgIpc) is 2.84. The first-order valence-electron chi connectivity index (χ1n) is 11.7.